The fraction of sp³-hybridized carbons (Fsp3) is 0.200. The molecule has 2 N–H and O–H groups in total. The number of hydrogen-bond donors (Lipinski definition) is 2. The number of hydrogen-bond acceptors (Lipinski definition) is 4. The van der Waals surface area contributed by atoms with Gasteiger partial charge in [0, 0.05) is 5.69 Å². The summed E-state index contributed by atoms with van der Waals surface area (Å²) >= 11 is 0. The summed E-state index contributed by atoms with van der Waals surface area (Å²) in [5.41, 5.74) is 0.950. The molecule has 0 bridgehead atoms. The van der Waals surface area contributed by atoms with Crippen LogP contribution in [0.5, 0.6) is 0 Å². The second kappa shape index (κ2) is 2.77. The van der Waals surface area contributed by atoms with E-state index in [1.165, 1.54) is 12.4 Å². The first kappa shape index (κ1) is 7.18. The summed E-state index contributed by atoms with van der Waals surface area (Å²) in [5, 5.41) is 17.2. The third-order valence-corrected chi connectivity index (χ3v) is 1.09. The van der Waals surface area contributed by atoms with Crippen molar-refractivity contribution in [3.63, 3.8) is 0 Å². The minimum absolute atomic E-state index is 0.229. The molecule has 5 heteroatoms. The Morgan fingerprint density at radius 3 is 2.50 bits per heavy atom. The van der Waals surface area contributed by atoms with Gasteiger partial charge in [-0.2, -0.15) is 0 Å². The molecule has 0 aliphatic carbocycles. The second-order valence-corrected chi connectivity index (χ2v) is 1.96. The fourth-order valence-electron chi connectivity index (χ4n) is 0.616. The van der Waals surface area contributed by atoms with Crippen LogP contribution < -0.4 is 5.59 Å². The smallest absolute Gasteiger partial charge is 0.422 e. The van der Waals surface area contributed by atoms with Gasteiger partial charge in [0.15, 0.2) is 0 Å². The zero-order valence-corrected chi connectivity index (χ0v) is 5.52. The van der Waals surface area contributed by atoms with E-state index in [1.54, 1.807) is 6.92 Å². The Balaban J connectivity index is 2.96. The molecule has 0 unspecified atom stereocenters. The van der Waals surface area contributed by atoms with E-state index >= 15 is 0 Å². The number of nitrogens with zero attached hydrogens (tertiary/aromatic N) is 2. The fourth-order valence-corrected chi connectivity index (χ4v) is 0.616. The topological polar surface area (TPSA) is 66.2 Å². The molecule has 10 heavy (non-hydrogen) atoms. The molecular formula is C5H7BN2O2. The molecule has 0 saturated carbocycles. The van der Waals surface area contributed by atoms with Crippen LogP contribution in [-0.2, 0) is 0 Å². The number of rotatable bonds is 1. The summed E-state index contributed by atoms with van der Waals surface area (Å²) in [6.07, 6.45) is 1.30. The minimum atomic E-state index is -1.50. The van der Waals surface area contributed by atoms with E-state index in [0.29, 0.717) is 0 Å². The van der Waals surface area contributed by atoms with E-state index < -0.39 is 7.12 Å². The van der Waals surface area contributed by atoms with Gasteiger partial charge < -0.3 is 10.0 Å². The van der Waals surface area contributed by atoms with Crippen molar-refractivity contribution in [2.24, 2.45) is 0 Å². The Labute approximate surface area is 58.7 Å². The largest absolute Gasteiger partial charge is 0.508 e. The predicted octanol–water partition coefficient (Wildman–Crippen LogP) is -1.54. The predicted molar refractivity (Wildman–Crippen MR) is 36.6 cm³/mol. The minimum Gasteiger partial charge on any atom is -0.422 e. The molecule has 1 aromatic rings. The zero-order chi connectivity index (χ0) is 7.56. The first-order valence-electron chi connectivity index (χ1n) is 2.85. The highest BCUT2D eigenvalue weighted by molar-refractivity contribution is 6.57. The molecule has 0 aliphatic heterocycles. The van der Waals surface area contributed by atoms with Crippen molar-refractivity contribution in [3.8, 4) is 0 Å². The first-order valence-corrected chi connectivity index (χ1v) is 2.85. The Morgan fingerprint density at radius 1 is 1.40 bits per heavy atom. The number of aromatic nitrogens is 2. The summed E-state index contributed by atoms with van der Waals surface area (Å²) in [4.78, 5) is 7.42. The van der Waals surface area contributed by atoms with Crippen LogP contribution in [0.25, 0.3) is 0 Å². The molecule has 0 radical (unpaired) electrons. The third-order valence-electron chi connectivity index (χ3n) is 1.09. The third kappa shape index (κ3) is 1.52. The standard InChI is InChI=1S/C5H7BN2O2/c1-4-2-5(6(9)10)8-3-7-4/h2-3,9-10H,1H3. The van der Waals surface area contributed by atoms with Gasteiger partial charge in [-0.1, -0.05) is 0 Å². The lowest BCUT2D eigenvalue weighted by molar-refractivity contribution is 0.424. The summed E-state index contributed by atoms with van der Waals surface area (Å²) in [5.74, 6) is 0. The first-order chi connectivity index (χ1) is 4.70. The van der Waals surface area contributed by atoms with Crippen LogP contribution in [-0.4, -0.2) is 27.1 Å². The molecular weight excluding hydrogens is 131 g/mol. The molecule has 1 aromatic heterocycles. The average molecular weight is 138 g/mol. The highest BCUT2D eigenvalue weighted by Gasteiger charge is 2.11. The van der Waals surface area contributed by atoms with Gasteiger partial charge in [-0.15, -0.1) is 0 Å². The zero-order valence-electron chi connectivity index (χ0n) is 5.52. The van der Waals surface area contributed by atoms with E-state index in [4.69, 9.17) is 10.0 Å². The molecule has 0 aromatic carbocycles. The lowest BCUT2D eigenvalue weighted by Gasteiger charge is -1.96. The second-order valence-electron chi connectivity index (χ2n) is 1.96. The highest BCUT2D eigenvalue weighted by atomic mass is 16.4. The van der Waals surface area contributed by atoms with Crippen molar-refractivity contribution >= 4 is 12.7 Å². The monoisotopic (exact) mass is 138 g/mol. The van der Waals surface area contributed by atoms with Gasteiger partial charge >= 0.3 is 7.12 Å². The van der Waals surface area contributed by atoms with Gasteiger partial charge in [0.2, 0.25) is 0 Å². The van der Waals surface area contributed by atoms with Crippen molar-refractivity contribution in [1.29, 1.82) is 0 Å². The molecule has 4 nitrogen and oxygen atoms in total. The van der Waals surface area contributed by atoms with Crippen LogP contribution in [0.15, 0.2) is 12.4 Å². The average Bonchev–Trinajstić information content (AvgIpc) is 1.88. The summed E-state index contributed by atoms with van der Waals surface area (Å²) < 4.78 is 0. The van der Waals surface area contributed by atoms with Crippen molar-refractivity contribution in [2.45, 2.75) is 6.92 Å². The maximum atomic E-state index is 8.61. The van der Waals surface area contributed by atoms with E-state index in [0.717, 1.165) is 5.69 Å². The molecule has 0 saturated heterocycles. The molecule has 0 aliphatic rings. The van der Waals surface area contributed by atoms with E-state index in [1.807, 2.05) is 0 Å². The Hall–Kier alpha value is -0.935. The van der Waals surface area contributed by atoms with E-state index in [2.05, 4.69) is 9.97 Å². The van der Waals surface area contributed by atoms with Gasteiger partial charge in [0.1, 0.15) is 6.33 Å². The van der Waals surface area contributed by atoms with E-state index in [-0.39, 0.29) is 5.59 Å². The van der Waals surface area contributed by atoms with Crippen LogP contribution in [0.2, 0.25) is 0 Å². The molecule has 1 rings (SSSR count). The molecule has 0 spiro atoms. The van der Waals surface area contributed by atoms with Crippen molar-refractivity contribution in [2.75, 3.05) is 0 Å². The van der Waals surface area contributed by atoms with Crippen molar-refractivity contribution in [3.05, 3.63) is 18.1 Å². The van der Waals surface area contributed by atoms with Gasteiger partial charge in [0.25, 0.3) is 0 Å². The van der Waals surface area contributed by atoms with Crippen LogP contribution >= 0.6 is 0 Å². The normalized spacial score (nSPS) is 9.50. The lowest BCUT2D eigenvalue weighted by Crippen LogP contribution is -2.32. The molecule has 52 valence electrons. The summed E-state index contributed by atoms with van der Waals surface area (Å²) in [6, 6.07) is 1.52. The quantitative estimate of drug-likeness (QED) is 0.461. The molecule has 0 atom stereocenters. The van der Waals surface area contributed by atoms with Gasteiger partial charge in [-0.25, -0.2) is 9.97 Å². The summed E-state index contributed by atoms with van der Waals surface area (Å²) in [6.45, 7) is 1.76. The lowest BCUT2D eigenvalue weighted by atomic mass is 9.86. The highest BCUT2D eigenvalue weighted by Crippen LogP contribution is 1.83. The van der Waals surface area contributed by atoms with Crippen LogP contribution in [0.1, 0.15) is 5.69 Å². The SMILES string of the molecule is Cc1cc(B(O)O)ncn1. The van der Waals surface area contributed by atoms with Crippen LogP contribution in [0.4, 0.5) is 0 Å². The summed E-state index contributed by atoms with van der Waals surface area (Å²) in [7, 11) is -1.50. The Morgan fingerprint density at radius 2 is 2.10 bits per heavy atom. The molecule has 1 heterocycles. The van der Waals surface area contributed by atoms with Crippen LogP contribution in [0.3, 0.4) is 0 Å². The van der Waals surface area contributed by atoms with E-state index in [9.17, 15) is 0 Å². The maximum Gasteiger partial charge on any atom is 0.508 e. The van der Waals surface area contributed by atoms with Gasteiger partial charge in [-0.3, -0.25) is 0 Å². The Kier molecular flexibility index (Phi) is 1.98. The van der Waals surface area contributed by atoms with Crippen LogP contribution in [0, 0.1) is 6.92 Å². The number of aryl methyl sites for hydroxylation is 1. The van der Waals surface area contributed by atoms with Crippen molar-refractivity contribution in [1.82, 2.24) is 9.97 Å². The van der Waals surface area contributed by atoms with Gasteiger partial charge in [-0.05, 0) is 13.0 Å². The van der Waals surface area contributed by atoms with Crippen molar-refractivity contribution < 1.29 is 10.0 Å². The van der Waals surface area contributed by atoms with Gasteiger partial charge in [0.05, 0.1) is 5.59 Å². The molecule has 0 amide bonds. The maximum absolute atomic E-state index is 8.61. The Bertz CT molecular complexity index is 229. The molecule has 0 fully saturated rings.